The van der Waals surface area contributed by atoms with Crippen LogP contribution in [0.15, 0.2) is 12.3 Å². The molecule has 0 aromatic rings. The average Bonchev–Trinajstić information content (AvgIpc) is 2.14. The molecule has 0 aliphatic heterocycles. The van der Waals surface area contributed by atoms with Crippen molar-refractivity contribution in [3.8, 4) is 0 Å². The van der Waals surface area contributed by atoms with Gasteiger partial charge >= 0.3 is 11.9 Å². The van der Waals surface area contributed by atoms with Crippen molar-refractivity contribution in [2.45, 2.75) is 39.3 Å². The molecule has 0 fully saturated rings. The Morgan fingerprint density at radius 2 is 1.76 bits per heavy atom. The van der Waals surface area contributed by atoms with Crippen molar-refractivity contribution in [2.24, 2.45) is 11.5 Å². The molecule has 6 heteroatoms. The second-order valence-electron chi connectivity index (χ2n) is 4.20. The van der Waals surface area contributed by atoms with Crippen molar-refractivity contribution in [2.75, 3.05) is 7.11 Å². The molecule has 0 saturated carbocycles. The van der Waals surface area contributed by atoms with Gasteiger partial charge in [-0.25, -0.2) is 4.79 Å². The van der Waals surface area contributed by atoms with Crippen molar-refractivity contribution in [3.63, 3.8) is 0 Å². The van der Waals surface area contributed by atoms with Crippen molar-refractivity contribution in [3.05, 3.63) is 12.3 Å². The third kappa shape index (κ3) is 14.4. The van der Waals surface area contributed by atoms with Gasteiger partial charge in [0.2, 0.25) is 0 Å². The van der Waals surface area contributed by atoms with Crippen LogP contribution in [0.2, 0.25) is 0 Å². The largest absolute Gasteiger partial charge is 0.468 e. The van der Waals surface area contributed by atoms with E-state index in [2.05, 4.69) is 4.74 Å². The molecule has 0 aliphatic carbocycles. The number of carbonyl (C=O) groups is 2. The number of methoxy groups -OCH3 is 1. The standard InChI is InChI=1S/C7H13NO2.C4H9NO2/c1-7(2,3)10-6(9)4-5-8;1-3(5)4(6)7-2/h4-5H,8H2,1-3H3;3H,5H2,1-2H3/t;3-/m.0/s1. The highest BCUT2D eigenvalue weighted by Crippen LogP contribution is 2.06. The predicted octanol–water partition coefficient (Wildman–Crippen LogP) is 0.307. The highest BCUT2D eigenvalue weighted by molar-refractivity contribution is 5.82. The van der Waals surface area contributed by atoms with E-state index in [1.54, 1.807) is 27.7 Å². The average molecular weight is 246 g/mol. The molecule has 17 heavy (non-hydrogen) atoms. The van der Waals surface area contributed by atoms with Gasteiger partial charge in [0.05, 0.1) is 7.11 Å². The summed E-state index contributed by atoms with van der Waals surface area (Å²) in [7, 11) is 1.31. The van der Waals surface area contributed by atoms with Crippen LogP contribution in [0.5, 0.6) is 0 Å². The van der Waals surface area contributed by atoms with Crippen LogP contribution in [0.4, 0.5) is 0 Å². The van der Waals surface area contributed by atoms with Gasteiger partial charge in [0.25, 0.3) is 0 Å². The number of carbonyl (C=O) groups excluding carboxylic acids is 2. The van der Waals surface area contributed by atoms with E-state index < -0.39 is 17.6 Å². The van der Waals surface area contributed by atoms with Crippen LogP contribution in [0.3, 0.4) is 0 Å². The summed E-state index contributed by atoms with van der Waals surface area (Å²) in [5.41, 5.74) is 9.60. The van der Waals surface area contributed by atoms with Crippen LogP contribution in [0.25, 0.3) is 0 Å². The molecule has 0 heterocycles. The minimum atomic E-state index is -0.495. The van der Waals surface area contributed by atoms with E-state index in [-0.39, 0.29) is 5.97 Å². The number of ether oxygens (including phenoxy) is 2. The lowest BCUT2D eigenvalue weighted by Crippen LogP contribution is -2.27. The summed E-state index contributed by atoms with van der Waals surface area (Å²) in [6.07, 6.45) is 2.35. The molecular weight excluding hydrogens is 224 g/mol. The first kappa shape index (κ1) is 17.8. The van der Waals surface area contributed by atoms with Crippen LogP contribution >= 0.6 is 0 Å². The number of hydrogen-bond donors (Lipinski definition) is 2. The second kappa shape index (κ2) is 8.58. The molecule has 0 radical (unpaired) electrons. The van der Waals surface area contributed by atoms with Crippen molar-refractivity contribution < 1.29 is 19.1 Å². The maximum Gasteiger partial charge on any atom is 0.332 e. The molecule has 0 aromatic carbocycles. The van der Waals surface area contributed by atoms with E-state index in [1.165, 1.54) is 13.2 Å². The zero-order valence-corrected chi connectivity index (χ0v) is 11.0. The Kier molecular flexibility index (Phi) is 8.99. The molecule has 0 aliphatic rings. The summed E-state index contributed by atoms with van der Waals surface area (Å²) in [6.45, 7) is 6.98. The smallest absolute Gasteiger partial charge is 0.332 e. The van der Waals surface area contributed by atoms with E-state index in [0.717, 1.165) is 6.20 Å². The third-order valence-electron chi connectivity index (χ3n) is 1.21. The van der Waals surface area contributed by atoms with Crippen LogP contribution in [-0.4, -0.2) is 30.7 Å². The quantitative estimate of drug-likeness (QED) is 0.536. The van der Waals surface area contributed by atoms with Crippen LogP contribution in [-0.2, 0) is 19.1 Å². The van der Waals surface area contributed by atoms with Crippen molar-refractivity contribution in [1.29, 1.82) is 0 Å². The SMILES string of the molecule is CC(C)(C)OC(=O)C=CN.COC(=O)[C@H](C)N. The fourth-order valence-electron chi connectivity index (χ4n) is 0.600. The molecule has 0 aromatic heterocycles. The minimum absolute atomic E-state index is 0.375. The Hall–Kier alpha value is -1.56. The first-order chi connectivity index (χ1) is 7.64. The van der Waals surface area contributed by atoms with Gasteiger partial charge in [-0.05, 0) is 27.7 Å². The summed E-state index contributed by atoms with van der Waals surface area (Å²) in [5, 5.41) is 0. The molecule has 0 spiro atoms. The number of nitrogens with two attached hydrogens (primary N) is 2. The normalized spacial score (nSPS) is 12.4. The number of rotatable bonds is 2. The van der Waals surface area contributed by atoms with Gasteiger partial charge < -0.3 is 20.9 Å². The Morgan fingerprint density at radius 3 is 1.94 bits per heavy atom. The molecule has 1 atom stereocenters. The van der Waals surface area contributed by atoms with Gasteiger partial charge in [0.15, 0.2) is 0 Å². The molecule has 4 N–H and O–H groups in total. The van der Waals surface area contributed by atoms with Gasteiger partial charge in [0, 0.05) is 12.3 Å². The Labute approximate surface area is 102 Å². The maximum atomic E-state index is 10.7. The highest BCUT2D eigenvalue weighted by Gasteiger charge is 2.13. The number of esters is 2. The monoisotopic (exact) mass is 246 g/mol. The summed E-state index contributed by atoms with van der Waals surface area (Å²) < 4.78 is 9.12. The second-order valence-corrected chi connectivity index (χ2v) is 4.20. The number of hydrogen-bond acceptors (Lipinski definition) is 6. The zero-order chi connectivity index (χ0) is 14.1. The topological polar surface area (TPSA) is 105 Å². The van der Waals surface area contributed by atoms with E-state index in [9.17, 15) is 9.59 Å². The molecule has 0 bridgehead atoms. The molecule has 0 unspecified atom stereocenters. The molecule has 0 amide bonds. The summed E-state index contributed by atoms with van der Waals surface area (Å²) >= 11 is 0. The lowest BCUT2D eigenvalue weighted by Gasteiger charge is -2.17. The predicted molar refractivity (Wildman–Crippen MR) is 64.8 cm³/mol. The zero-order valence-electron chi connectivity index (χ0n) is 11.0. The summed E-state index contributed by atoms with van der Waals surface area (Å²) in [5.74, 6) is -0.782. The van der Waals surface area contributed by atoms with E-state index >= 15 is 0 Å². The molecule has 0 saturated heterocycles. The first-order valence-electron chi connectivity index (χ1n) is 5.08. The lowest BCUT2D eigenvalue weighted by atomic mass is 10.2. The Morgan fingerprint density at radius 1 is 1.29 bits per heavy atom. The fourth-order valence-corrected chi connectivity index (χ4v) is 0.600. The van der Waals surface area contributed by atoms with Gasteiger partial charge in [-0.2, -0.15) is 0 Å². The third-order valence-corrected chi connectivity index (χ3v) is 1.21. The fraction of sp³-hybridized carbons (Fsp3) is 0.636. The molecule has 6 nitrogen and oxygen atoms in total. The molecular formula is C11H22N2O4. The highest BCUT2D eigenvalue weighted by atomic mass is 16.6. The van der Waals surface area contributed by atoms with Gasteiger partial charge in [0.1, 0.15) is 11.6 Å². The van der Waals surface area contributed by atoms with Gasteiger partial charge in [-0.1, -0.05) is 0 Å². The maximum absolute atomic E-state index is 10.7. The van der Waals surface area contributed by atoms with E-state index in [4.69, 9.17) is 16.2 Å². The van der Waals surface area contributed by atoms with Crippen LogP contribution in [0.1, 0.15) is 27.7 Å². The van der Waals surface area contributed by atoms with Crippen molar-refractivity contribution >= 4 is 11.9 Å². The molecule has 0 rings (SSSR count). The van der Waals surface area contributed by atoms with Gasteiger partial charge in [-0.3, -0.25) is 4.79 Å². The van der Waals surface area contributed by atoms with Crippen LogP contribution in [0, 0.1) is 0 Å². The Balaban J connectivity index is 0. The van der Waals surface area contributed by atoms with Gasteiger partial charge in [-0.15, -0.1) is 0 Å². The molecule has 100 valence electrons. The first-order valence-corrected chi connectivity index (χ1v) is 5.08. The lowest BCUT2D eigenvalue weighted by molar-refractivity contribution is -0.148. The summed E-state index contributed by atoms with van der Waals surface area (Å²) in [4.78, 5) is 20.8. The summed E-state index contributed by atoms with van der Waals surface area (Å²) in [6, 6.07) is -0.495. The van der Waals surface area contributed by atoms with Crippen molar-refractivity contribution in [1.82, 2.24) is 0 Å². The van der Waals surface area contributed by atoms with E-state index in [0.29, 0.717) is 0 Å². The minimum Gasteiger partial charge on any atom is -0.468 e. The Bertz CT molecular complexity index is 267. The van der Waals surface area contributed by atoms with Crippen LogP contribution < -0.4 is 11.5 Å². The van der Waals surface area contributed by atoms with E-state index in [1.807, 2.05) is 0 Å².